The lowest BCUT2D eigenvalue weighted by Gasteiger charge is -2.45. The maximum absolute atomic E-state index is 11.4. The van der Waals surface area contributed by atoms with E-state index in [1.54, 1.807) is 0 Å². The number of hydrogen-bond acceptors (Lipinski definition) is 4. The van der Waals surface area contributed by atoms with Crippen LogP contribution in [0.4, 0.5) is 4.79 Å². The number of fused-ring (bicyclic) bond motifs is 3. The molecule has 78 valence electrons. The average molecular weight is 199 g/mol. The summed E-state index contributed by atoms with van der Waals surface area (Å²) in [6.45, 7) is 2.49. The van der Waals surface area contributed by atoms with E-state index in [9.17, 15) is 9.59 Å². The van der Waals surface area contributed by atoms with E-state index >= 15 is 0 Å². The Bertz CT molecular complexity index is 270. The predicted molar refractivity (Wildman–Crippen MR) is 46.6 cm³/mol. The lowest BCUT2D eigenvalue weighted by Crippen LogP contribution is -2.61. The zero-order chi connectivity index (χ0) is 10.3. The van der Waals surface area contributed by atoms with Crippen LogP contribution in [0.2, 0.25) is 0 Å². The van der Waals surface area contributed by atoms with Crippen LogP contribution in [0.1, 0.15) is 13.3 Å². The van der Waals surface area contributed by atoms with Gasteiger partial charge in [0.25, 0.3) is 0 Å². The molecule has 0 unspecified atom stereocenters. The minimum Gasteiger partial charge on any atom is -0.459 e. The fourth-order valence-electron chi connectivity index (χ4n) is 2.06. The first-order valence-electron chi connectivity index (χ1n) is 4.68. The highest BCUT2D eigenvalue weighted by Crippen LogP contribution is 2.31. The number of hydrogen-bond donors (Lipinski definition) is 0. The Hall–Kier alpha value is -1.26. The van der Waals surface area contributed by atoms with Crippen molar-refractivity contribution in [3.63, 3.8) is 0 Å². The highest BCUT2D eigenvalue weighted by atomic mass is 16.6. The number of rotatable bonds is 0. The van der Waals surface area contributed by atoms with Crippen LogP contribution in [0.15, 0.2) is 0 Å². The highest BCUT2D eigenvalue weighted by Gasteiger charge is 2.47. The molecule has 3 atom stereocenters. The summed E-state index contributed by atoms with van der Waals surface area (Å²) in [5.41, 5.74) is 0. The Kier molecular flexibility index (Phi) is 2.09. The predicted octanol–water partition coefficient (Wildman–Crippen LogP) is 0.389. The minimum atomic E-state index is -0.442. The zero-order valence-electron chi connectivity index (χ0n) is 8.23. The van der Waals surface area contributed by atoms with Gasteiger partial charge in [0.05, 0.1) is 13.7 Å². The number of methoxy groups -OCH3 is 1. The van der Waals surface area contributed by atoms with Crippen LogP contribution < -0.4 is 0 Å². The number of ether oxygens (including phenoxy) is 2. The molecule has 0 aromatic carbocycles. The molecule has 0 aliphatic carbocycles. The third-order valence-corrected chi connectivity index (χ3v) is 2.93. The summed E-state index contributed by atoms with van der Waals surface area (Å²) in [5, 5.41) is 0. The number of esters is 1. The fourth-order valence-corrected chi connectivity index (χ4v) is 2.06. The monoisotopic (exact) mass is 199 g/mol. The molecule has 5 heteroatoms. The molecule has 1 amide bonds. The van der Waals surface area contributed by atoms with Gasteiger partial charge in [-0.15, -0.1) is 0 Å². The number of morpholine rings is 1. The standard InChI is InChI=1S/C9H13NO4/c1-5-3-6-8(11)14-7(5)4-10(6)9(12)13-2/h5-7H,3-4H2,1-2H3/t5-,6-,7+/m0/s1. The molecule has 3 saturated heterocycles. The van der Waals surface area contributed by atoms with Crippen molar-refractivity contribution in [2.75, 3.05) is 13.7 Å². The summed E-state index contributed by atoms with van der Waals surface area (Å²) in [6.07, 6.45) is 0.0775. The van der Waals surface area contributed by atoms with Gasteiger partial charge in [-0.25, -0.2) is 9.59 Å². The number of nitrogens with zero attached hydrogens (tertiary/aromatic N) is 1. The smallest absolute Gasteiger partial charge is 0.410 e. The number of piperidine rings is 1. The van der Waals surface area contributed by atoms with Gasteiger partial charge in [-0.2, -0.15) is 0 Å². The largest absolute Gasteiger partial charge is 0.459 e. The molecule has 0 aromatic heterocycles. The third kappa shape index (κ3) is 1.23. The van der Waals surface area contributed by atoms with Crippen molar-refractivity contribution in [2.24, 2.45) is 5.92 Å². The molecule has 14 heavy (non-hydrogen) atoms. The molecule has 3 aliphatic rings. The van der Waals surface area contributed by atoms with Gasteiger partial charge >= 0.3 is 12.1 Å². The van der Waals surface area contributed by atoms with Crippen molar-refractivity contribution >= 4 is 12.1 Å². The summed E-state index contributed by atoms with van der Waals surface area (Å²) >= 11 is 0. The van der Waals surface area contributed by atoms with Gasteiger partial charge < -0.3 is 9.47 Å². The molecule has 0 spiro atoms. The van der Waals surface area contributed by atoms with Crippen molar-refractivity contribution in [3.8, 4) is 0 Å². The Morgan fingerprint density at radius 1 is 1.64 bits per heavy atom. The molecule has 3 aliphatic heterocycles. The first-order chi connectivity index (χ1) is 6.63. The SMILES string of the molecule is COC(=O)N1C[C@H]2OC(=O)[C@@H]1C[C@@H]2C. The van der Waals surface area contributed by atoms with Gasteiger partial charge in [-0.1, -0.05) is 6.92 Å². The summed E-state index contributed by atoms with van der Waals surface area (Å²) in [4.78, 5) is 24.1. The van der Waals surface area contributed by atoms with E-state index in [0.717, 1.165) is 0 Å². The Morgan fingerprint density at radius 2 is 2.36 bits per heavy atom. The van der Waals surface area contributed by atoms with Crippen LogP contribution in [0.5, 0.6) is 0 Å². The quantitative estimate of drug-likeness (QED) is 0.529. The number of carbonyl (C=O) groups excluding carboxylic acids is 2. The van der Waals surface area contributed by atoms with Crippen molar-refractivity contribution in [3.05, 3.63) is 0 Å². The van der Waals surface area contributed by atoms with E-state index in [0.29, 0.717) is 18.9 Å². The number of carbonyl (C=O) groups is 2. The van der Waals surface area contributed by atoms with Gasteiger partial charge in [0.15, 0.2) is 0 Å². The average Bonchev–Trinajstić information content (AvgIpc) is 2.18. The minimum absolute atomic E-state index is 0.161. The second kappa shape index (κ2) is 3.15. The topological polar surface area (TPSA) is 55.8 Å². The van der Waals surface area contributed by atoms with Crippen LogP contribution in [0, 0.1) is 5.92 Å². The Morgan fingerprint density at radius 3 is 2.93 bits per heavy atom. The maximum Gasteiger partial charge on any atom is 0.410 e. The van der Waals surface area contributed by atoms with Gasteiger partial charge in [0, 0.05) is 0 Å². The molecule has 0 saturated carbocycles. The molecular weight excluding hydrogens is 186 g/mol. The highest BCUT2D eigenvalue weighted by molar-refractivity contribution is 5.83. The van der Waals surface area contributed by atoms with Crippen molar-refractivity contribution < 1.29 is 19.1 Å². The van der Waals surface area contributed by atoms with Crippen LogP contribution in [0.25, 0.3) is 0 Å². The summed E-state index contributed by atoms with van der Waals surface area (Å²) < 4.78 is 9.74. The second-order valence-electron chi connectivity index (χ2n) is 3.83. The van der Waals surface area contributed by atoms with E-state index in [-0.39, 0.29) is 12.1 Å². The van der Waals surface area contributed by atoms with E-state index in [1.807, 2.05) is 6.92 Å². The molecule has 0 aromatic rings. The fraction of sp³-hybridized carbons (Fsp3) is 0.778. The van der Waals surface area contributed by atoms with Gasteiger partial charge in [0.2, 0.25) is 0 Å². The van der Waals surface area contributed by atoms with Gasteiger partial charge in [0.1, 0.15) is 12.1 Å². The van der Waals surface area contributed by atoms with Gasteiger partial charge in [-0.05, 0) is 12.3 Å². The Labute approximate surface area is 82.0 Å². The molecule has 3 rings (SSSR count). The molecule has 3 fully saturated rings. The van der Waals surface area contributed by atoms with Crippen molar-refractivity contribution in [1.29, 1.82) is 0 Å². The molecule has 3 heterocycles. The van der Waals surface area contributed by atoms with Crippen molar-refractivity contribution in [1.82, 2.24) is 4.90 Å². The lowest BCUT2D eigenvalue weighted by atomic mass is 9.87. The summed E-state index contributed by atoms with van der Waals surface area (Å²) in [6, 6.07) is -0.442. The van der Waals surface area contributed by atoms with Crippen molar-refractivity contribution in [2.45, 2.75) is 25.5 Å². The van der Waals surface area contributed by atoms with E-state index in [1.165, 1.54) is 12.0 Å². The van der Waals surface area contributed by atoms with Crippen LogP contribution in [0.3, 0.4) is 0 Å². The first-order valence-corrected chi connectivity index (χ1v) is 4.68. The molecule has 5 nitrogen and oxygen atoms in total. The summed E-state index contributed by atoms with van der Waals surface area (Å²) in [5.74, 6) is 0.0309. The van der Waals surface area contributed by atoms with E-state index in [2.05, 4.69) is 4.74 Å². The molecule has 0 radical (unpaired) electrons. The first kappa shape index (κ1) is 9.30. The zero-order valence-corrected chi connectivity index (χ0v) is 8.23. The van der Waals surface area contributed by atoms with Gasteiger partial charge in [-0.3, -0.25) is 4.90 Å². The third-order valence-electron chi connectivity index (χ3n) is 2.93. The lowest BCUT2D eigenvalue weighted by molar-refractivity contribution is -0.180. The van der Waals surface area contributed by atoms with Crippen LogP contribution >= 0.6 is 0 Å². The number of amides is 1. The van der Waals surface area contributed by atoms with Crippen LogP contribution in [-0.4, -0.2) is 42.8 Å². The molecular formula is C9H13NO4. The second-order valence-corrected chi connectivity index (χ2v) is 3.83. The van der Waals surface area contributed by atoms with E-state index < -0.39 is 12.1 Å². The normalized spacial score (nSPS) is 35.4. The molecule has 2 bridgehead atoms. The summed E-state index contributed by atoms with van der Waals surface area (Å²) in [7, 11) is 1.32. The van der Waals surface area contributed by atoms with Crippen LogP contribution in [-0.2, 0) is 14.3 Å². The Balaban J connectivity index is 2.17. The van der Waals surface area contributed by atoms with E-state index in [4.69, 9.17) is 4.74 Å². The molecule has 0 N–H and O–H groups in total. The maximum atomic E-state index is 11.4.